The largest absolute Gasteiger partial charge is 0.329 e. The number of hydrogen-bond donors (Lipinski definition) is 1. The van der Waals surface area contributed by atoms with Gasteiger partial charge in [-0.1, -0.05) is 13.0 Å². The molecule has 0 bridgehead atoms. The Bertz CT molecular complexity index is 363. The molecule has 102 valence electrons. The minimum absolute atomic E-state index is 0.246. The van der Waals surface area contributed by atoms with Gasteiger partial charge < -0.3 is 5.73 Å². The van der Waals surface area contributed by atoms with Crippen molar-refractivity contribution >= 4 is 11.3 Å². The SMILES string of the molecule is CC1CCC(CN)(N(C)C(C)Cc2cccs2)C1. The second-order valence-corrected chi connectivity index (χ2v) is 7.05. The molecule has 3 unspecified atom stereocenters. The van der Waals surface area contributed by atoms with E-state index in [0.717, 1.165) is 18.9 Å². The third-order valence-corrected chi connectivity index (χ3v) is 5.60. The summed E-state index contributed by atoms with van der Waals surface area (Å²) in [6.45, 7) is 5.48. The molecule has 1 aromatic rings. The molecule has 0 aromatic carbocycles. The summed E-state index contributed by atoms with van der Waals surface area (Å²) in [7, 11) is 2.27. The fraction of sp³-hybridized carbons (Fsp3) is 0.733. The maximum atomic E-state index is 6.10. The van der Waals surface area contributed by atoms with Gasteiger partial charge in [0, 0.05) is 23.0 Å². The van der Waals surface area contributed by atoms with Crippen LogP contribution in [0.15, 0.2) is 17.5 Å². The summed E-state index contributed by atoms with van der Waals surface area (Å²) in [5.41, 5.74) is 6.35. The molecule has 18 heavy (non-hydrogen) atoms. The van der Waals surface area contributed by atoms with Crippen LogP contribution >= 0.6 is 11.3 Å². The Labute approximate surface area is 115 Å². The molecule has 0 amide bonds. The minimum Gasteiger partial charge on any atom is -0.329 e. The smallest absolute Gasteiger partial charge is 0.0334 e. The van der Waals surface area contributed by atoms with Gasteiger partial charge in [-0.2, -0.15) is 0 Å². The van der Waals surface area contributed by atoms with Gasteiger partial charge in [0.05, 0.1) is 0 Å². The monoisotopic (exact) mass is 266 g/mol. The minimum atomic E-state index is 0.246. The van der Waals surface area contributed by atoms with Gasteiger partial charge in [0.1, 0.15) is 0 Å². The lowest BCUT2D eigenvalue weighted by atomic mass is 9.92. The Morgan fingerprint density at radius 3 is 2.89 bits per heavy atom. The van der Waals surface area contributed by atoms with Crippen LogP contribution in [-0.2, 0) is 6.42 Å². The molecule has 0 aliphatic heterocycles. The first-order valence-electron chi connectivity index (χ1n) is 7.03. The van der Waals surface area contributed by atoms with Gasteiger partial charge in [0.2, 0.25) is 0 Å². The van der Waals surface area contributed by atoms with Crippen LogP contribution in [0.3, 0.4) is 0 Å². The summed E-state index contributed by atoms with van der Waals surface area (Å²) in [6.07, 6.45) is 4.99. The van der Waals surface area contributed by atoms with Crippen LogP contribution in [0.2, 0.25) is 0 Å². The van der Waals surface area contributed by atoms with Gasteiger partial charge in [-0.25, -0.2) is 0 Å². The number of hydrogen-bond acceptors (Lipinski definition) is 3. The van der Waals surface area contributed by atoms with E-state index in [4.69, 9.17) is 5.73 Å². The van der Waals surface area contributed by atoms with E-state index in [0.29, 0.717) is 6.04 Å². The zero-order valence-electron chi connectivity index (χ0n) is 11.9. The highest BCUT2D eigenvalue weighted by atomic mass is 32.1. The first kappa shape index (κ1) is 14.0. The van der Waals surface area contributed by atoms with Crippen LogP contribution < -0.4 is 5.73 Å². The Kier molecular flexibility index (Phi) is 4.46. The van der Waals surface area contributed by atoms with Crippen LogP contribution in [0.25, 0.3) is 0 Å². The maximum absolute atomic E-state index is 6.10. The summed E-state index contributed by atoms with van der Waals surface area (Å²) in [5, 5.41) is 2.17. The molecule has 2 nitrogen and oxygen atoms in total. The average molecular weight is 266 g/mol. The molecule has 1 heterocycles. The summed E-state index contributed by atoms with van der Waals surface area (Å²) >= 11 is 1.86. The zero-order chi connectivity index (χ0) is 13.2. The van der Waals surface area contributed by atoms with Crippen molar-refractivity contribution in [2.75, 3.05) is 13.6 Å². The highest BCUT2D eigenvalue weighted by Crippen LogP contribution is 2.38. The van der Waals surface area contributed by atoms with E-state index in [1.54, 1.807) is 0 Å². The van der Waals surface area contributed by atoms with E-state index in [9.17, 15) is 0 Å². The van der Waals surface area contributed by atoms with Gasteiger partial charge in [-0.15, -0.1) is 11.3 Å². The summed E-state index contributed by atoms with van der Waals surface area (Å²) in [6, 6.07) is 4.95. The Morgan fingerprint density at radius 2 is 2.39 bits per heavy atom. The third kappa shape index (κ3) is 2.79. The first-order chi connectivity index (χ1) is 8.57. The predicted octanol–water partition coefficient (Wildman–Crippen LogP) is 3.13. The molecule has 1 saturated carbocycles. The van der Waals surface area contributed by atoms with Crippen LogP contribution in [0.4, 0.5) is 0 Å². The molecule has 1 aliphatic carbocycles. The lowest BCUT2D eigenvalue weighted by Crippen LogP contribution is -2.54. The second kappa shape index (κ2) is 5.72. The number of likely N-dealkylation sites (N-methyl/N-ethyl adjacent to an activating group) is 1. The number of nitrogens with two attached hydrogens (primary N) is 1. The molecule has 2 N–H and O–H groups in total. The van der Waals surface area contributed by atoms with Crippen molar-refractivity contribution in [3.8, 4) is 0 Å². The number of nitrogens with zero attached hydrogens (tertiary/aromatic N) is 1. The van der Waals surface area contributed by atoms with Gasteiger partial charge in [-0.05, 0) is 57.0 Å². The van der Waals surface area contributed by atoms with Crippen LogP contribution in [0.5, 0.6) is 0 Å². The van der Waals surface area contributed by atoms with Crippen molar-refractivity contribution in [1.82, 2.24) is 4.90 Å². The zero-order valence-corrected chi connectivity index (χ0v) is 12.7. The molecule has 0 spiro atoms. The van der Waals surface area contributed by atoms with Crippen molar-refractivity contribution < 1.29 is 0 Å². The standard InChI is InChI=1S/C15H26N2S/c1-12-6-7-15(10-12,11-16)17(3)13(2)9-14-5-4-8-18-14/h4-5,8,12-13H,6-7,9-11,16H2,1-3H3. The molecule has 1 fully saturated rings. The van der Waals surface area contributed by atoms with E-state index in [-0.39, 0.29) is 5.54 Å². The molecule has 1 aliphatic rings. The predicted molar refractivity (Wildman–Crippen MR) is 80.0 cm³/mol. The Morgan fingerprint density at radius 1 is 1.61 bits per heavy atom. The van der Waals surface area contributed by atoms with Crippen molar-refractivity contribution in [2.45, 2.75) is 51.1 Å². The lowest BCUT2D eigenvalue weighted by molar-refractivity contribution is 0.0868. The quantitative estimate of drug-likeness (QED) is 0.887. The molecular weight excluding hydrogens is 240 g/mol. The van der Waals surface area contributed by atoms with Crippen LogP contribution in [0.1, 0.15) is 38.0 Å². The van der Waals surface area contributed by atoms with Crippen molar-refractivity contribution in [2.24, 2.45) is 11.7 Å². The molecule has 0 radical (unpaired) electrons. The number of thiophene rings is 1. The molecule has 3 atom stereocenters. The van der Waals surface area contributed by atoms with Crippen LogP contribution in [0, 0.1) is 5.92 Å². The van der Waals surface area contributed by atoms with Crippen molar-refractivity contribution in [3.05, 3.63) is 22.4 Å². The van der Waals surface area contributed by atoms with E-state index >= 15 is 0 Å². The third-order valence-electron chi connectivity index (χ3n) is 4.70. The molecule has 0 saturated heterocycles. The average Bonchev–Trinajstić information content (AvgIpc) is 2.98. The number of rotatable bonds is 5. The fourth-order valence-corrected chi connectivity index (χ4v) is 4.17. The van der Waals surface area contributed by atoms with Crippen LogP contribution in [-0.4, -0.2) is 30.1 Å². The fourth-order valence-electron chi connectivity index (χ4n) is 3.34. The van der Waals surface area contributed by atoms with Crippen molar-refractivity contribution in [1.29, 1.82) is 0 Å². The Hall–Kier alpha value is -0.380. The first-order valence-corrected chi connectivity index (χ1v) is 7.91. The van der Waals surface area contributed by atoms with E-state index in [1.807, 2.05) is 11.3 Å². The molecular formula is C15H26N2S. The highest BCUT2D eigenvalue weighted by molar-refractivity contribution is 7.09. The van der Waals surface area contributed by atoms with E-state index < -0.39 is 0 Å². The molecule has 1 aromatic heterocycles. The Balaban J connectivity index is 2.02. The lowest BCUT2D eigenvalue weighted by Gasteiger charge is -2.42. The highest BCUT2D eigenvalue weighted by Gasteiger charge is 2.41. The summed E-state index contributed by atoms with van der Waals surface area (Å²) < 4.78 is 0. The molecule has 3 heteroatoms. The maximum Gasteiger partial charge on any atom is 0.0334 e. The van der Waals surface area contributed by atoms with Gasteiger partial charge in [0.15, 0.2) is 0 Å². The normalized spacial score (nSPS) is 29.9. The topological polar surface area (TPSA) is 29.3 Å². The van der Waals surface area contributed by atoms with Crippen molar-refractivity contribution in [3.63, 3.8) is 0 Å². The van der Waals surface area contributed by atoms with Gasteiger partial charge in [-0.3, -0.25) is 4.90 Å². The van der Waals surface area contributed by atoms with E-state index in [2.05, 4.69) is 43.3 Å². The van der Waals surface area contributed by atoms with Gasteiger partial charge in [0.25, 0.3) is 0 Å². The van der Waals surface area contributed by atoms with E-state index in [1.165, 1.54) is 24.1 Å². The molecule has 2 rings (SSSR count). The second-order valence-electron chi connectivity index (χ2n) is 6.02. The summed E-state index contributed by atoms with van der Waals surface area (Å²) in [5.74, 6) is 0.824. The van der Waals surface area contributed by atoms with Gasteiger partial charge >= 0.3 is 0 Å². The summed E-state index contributed by atoms with van der Waals surface area (Å²) in [4.78, 5) is 4.03.